The number of carbonyl (C=O) groups is 2. The molecule has 7 rings (SSSR count). The second kappa shape index (κ2) is 10.5. The number of carbonyl (C=O) groups excluding carboxylic acids is 2. The summed E-state index contributed by atoms with van der Waals surface area (Å²) in [6, 6.07) is 15.4. The number of benzene rings is 2. The zero-order chi connectivity index (χ0) is 29.9. The molecule has 3 fully saturated rings. The van der Waals surface area contributed by atoms with Crippen molar-refractivity contribution >= 4 is 35.0 Å². The predicted molar refractivity (Wildman–Crippen MR) is 161 cm³/mol. The SMILES string of the molecule is CC1(C)C[C@@H]1C(=O)N1CC2(CN(C(=O)c3cnn(Cc4ccccc4)c3)CC2c2nnc(Cc3ccc(Cl)c(Cl)c3)o2)C1. The molecule has 3 aliphatic rings. The van der Waals surface area contributed by atoms with Crippen LogP contribution in [0.2, 0.25) is 10.0 Å². The van der Waals surface area contributed by atoms with Gasteiger partial charge in [0, 0.05) is 43.7 Å². The van der Waals surface area contributed by atoms with Crippen molar-refractivity contribution in [1.29, 1.82) is 0 Å². The first-order valence-corrected chi connectivity index (χ1v) is 15.3. The Morgan fingerprint density at radius 1 is 0.977 bits per heavy atom. The van der Waals surface area contributed by atoms with Gasteiger partial charge in [-0.25, -0.2) is 0 Å². The predicted octanol–water partition coefficient (Wildman–Crippen LogP) is 5.33. The van der Waals surface area contributed by atoms with Crippen LogP contribution in [0.3, 0.4) is 0 Å². The van der Waals surface area contributed by atoms with Crippen LogP contribution in [0.1, 0.15) is 59.5 Å². The average Bonchev–Trinajstić information content (AvgIpc) is 3.42. The normalized spacial score (nSPS) is 21.7. The summed E-state index contributed by atoms with van der Waals surface area (Å²) >= 11 is 12.3. The maximum atomic E-state index is 13.7. The van der Waals surface area contributed by atoms with Gasteiger partial charge in [0.2, 0.25) is 17.7 Å². The van der Waals surface area contributed by atoms with Gasteiger partial charge in [-0.1, -0.05) is 73.4 Å². The Bertz CT molecular complexity index is 1690. The van der Waals surface area contributed by atoms with Crippen molar-refractivity contribution in [3.8, 4) is 0 Å². The minimum atomic E-state index is -0.349. The molecule has 2 aliphatic heterocycles. The Hall–Kier alpha value is -3.69. The first-order chi connectivity index (χ1) is 20.6. The molecular formula is C32H32Cl2N6O3. The second-order valence-corrected chi connectivity index (χ2v) is 13.7. The lowest BCUT2D eigenvalue weighted by molar-refractivity contribution is -0.146. The molecule has 43 heavy (non-hydrogen) atoms. The summed E-state index contributed by atoms with van der Waals surface area (Å²) in [6.45, 7) is 6.90. The van der Waals surface area contributed by atoms with Gasteiger partial charge in [0.05, 0.1) is 40.7 Å². The number of likely N-dealkylation sites (tertiary alicyclic amines) is 2. The lowest BCUT2D eigenvalue weighted by Gasteiger charge is -2.50. The standard InChI is InChI=1S/C32H32Cl2N6O3/c1-31(2)12-23(31)30(42)39-18-32(19-39)17-38(29(41)22-13-35-40(15-22)14-20-6-4-3-5-7-20)16-24(32)28-37-36-27(43-28)11-21-8-9-25(33)26(34)10-21/h3-10,13,15,23-24H,11-12,14,16-19H2,1-2H3/t23-,24?/m1/s1. The molecule has 0 radical (unpaired) electrons. The molecule has 1 spiro atoms. The van der Waals surface area contributed by atoms with Crippen molar-refractivity contribution in [3.63, 3.8) is 0 Å². The Morgan fingerprint density at radius 3 is 2.44 bits per heavy atom. The summed E-state index contributed by atoms with van der Waals surface area (Å²) in [5, 5.41) is 14.2. The van der Waals surface area contributed by atoms with Gasteiger partial charge in [-0.15, -0.1) is 10.2 Å². The maximum absolute atomic E-state index is 13.7. The van der Waals surface area contributed by atoms with E-state index in [1.165, 1.54) is 0 Å². The van der Waals surface area contributed by atoms with Crippen LogP contribution in [0.5, 0.6) is 0 Å². The largest absolute Gasteiger partial charge is 0.425 e. The molecule has 2 amide bonds. The number of rotatable bonds is 7. The molecule has 1 aliphatic carbocycles. The topological polar surface area (TPSA) is 97.4 Å². The molecule has 4 aromatic rings. The van der Waals surface area contributed by atoms with Crippen LogP contribution in [0.25, 0.3) is 0 Å². The van der Waals surface area contributed by atoms with Crippen molar-refractivity contribution in [2.45, 2.75) is 39.2 Å². The van der Waals surface area contributed by atoms with Gasteiger partial charge >= 0.3 is 0 Å². The van der Waals surface area contributed by atoms with Gasteiger partial charge < -0.3 is 14.2 Å². The molecule has 0 N–H and O–H groups in total. The van der Waals surface area contributed by atoms with Crippen LogP contribution < -0.4 is 0 Å². The van der Waals surface area contributed by atoms with E-state index >= 15 is 0 Å². The Morgan fingerprint density at radius 2 is 1.72 bits per heavy atom. The van der Waals surface area contributed by atoms with Crippen LogP contribution >= 0.6 is 23.2 Å². The minimum absolute atomic E-state index is 0.0583. The highest BCUT2D eigenvalue weighted by molar-refractivity contribution is 6.42. The summed E-state index contributed by atoms with van der Waals surface area (Å²) < 4.78 is 7.99. The summed E-state index contributed by atoms with van der Waals surface area (Å²) in [7, 11) is 0. The molecule has 2 saturated heterocycles. The number of amides is 2. The molecule has 9 nitrogen and oxygen atoms in total. The van der Waals surface area contributed by atoms with Crippen molar-refractivity contribution in [2.75, 3.05) is 26.2 Å². The van der Waals surface area contributed by atoms with Gasteiger partial charge in [0.1, 0.15) is 0 Å². The second-order valence-electron chi connectivity index (χ2n) is 12.9. The summed E-state index contributed by atoms with van der Waals surface area (Å²) in [6.07, 6.45) is 4.74. The Balaban J connectivity index is 1.10. The summed E-state index contributed by atoms with van der Waals surface area (Å²) in [5.41, 5.74) is 2.25. The van der Waals surface area contributed by atoms with Crippen molar-refractivity contribution in [1.82, 2.24) is 29.8 Å². The third-order valence-corrected chi connectivity index (χ3v) is 10.00. The quantitative estimate of drug-likeness (QED) is 0.278. The van der Waals surface area contributed by atoms with Crippen LogP contribution in [0.4, 0.5) is 0 Å². The highest BCUT2D eigenvalue weighted by Gasteiger charge is 2.61. The molecule has 11 heteroatoms. The van der Waals surface area contributed by atoms with Crippen LogP contribution in [0, 0.1) is 16.7 Å². The molecule has 2 aromatic carbocycles. The average molecular weight is 620 g/mol. The van der Waals surface area contributed by atoms with Crippen molar-refractivity contribution < 1.29 is 14.0 Å². The number of nitrogens with zero attached hydrogens (tertiary/aromatic N) is 6. The smallest absolute Gasteiger partial charge is 0.257 e. The molecule has 1 unspecified atom stereocenters. The van der Waals surface area contributed by atoms with E-state index < -0.39 is 0 Å². The lowest BCUT2D eigenvalue weighted by Crippen LogP contribution is -2.62. The monoisotopic (exact) mass is 618 g/mol. The van der Waals surface area contributed by atoms with E-state index in [-0.39, 0.29) is 34.5 Å². The van der Waals surface area contributed by atoms with Gasteiger partial charge in [0.25, 0.3) is 5.91 Å². The first kappa shape index (κ1) is 28.1. The number of halogens is 2. The molecule has 4 heterocycles. The Kier molecular flexibility index (Phi) is 6.85. The van der Waals surface area contributed by atoms with Crippen molar-refractivity contribution in [3.05, 3.63) is 99.4 Å². The fourth-order valence-corrected chi connectivity index (χ4v) is 6.90. The highest BCUT2D eigenvalue weighted by atomic mass is 35.5. The third-order valence-electron chi connectivity index (χ3n) is 9.26. The van der Waals surface area contributed by atoms with Gasteiger partial charge in [-0.05, 0) is 35.1 Å². The minimum Gasteiger partial charge on any atom is -0.425 e. The zero-order valence-electron chi connectivity index (χ0n) is 24.0. The number of aromatic nitrogens is 4. The van der Waals surface area contributed by atoms with E-state index in [0.29, 0.717) is 66.5 Å². The molecule has 2 aromatic heterocycles. The van der Waals surface area contributed by atoms with Crippen LogP contribution in [-0.4, -0.2) is 67.8 Å². The van der Waals surface area contributed by atoms with E-state index in [1.54, 1.807) is 29.2 Å². The van der Waals surface area contributed by atoms with Gasteiger partial charge in [-0.3, -0.25) is 14.3 Å². The number of hydrogen-bond donors (Lipinski definition) is 0. The fourth-order valence-electron chi connectivity index (χ4n) is 6.58. The molecule has 1 saturated carbocycles. The molecule has 2 atom stereocenters. The summed E-state index contributed by atoms with van der Waals surface area (Å²) in [4.78, 5) is 30.7. The first-order valence-electron chi connectivity index (χ1n) is 14.5. The maximum Gasteiger partial charge on any atom is 0.257 e. The highest BCUT2D eigenvalue weighted by Crippen LogP contribution is 2.55. The van der Waals surface area contributed by atoms with Gasteiger partial charge in [0.15, 0.2) is 0 Å². The number of hydrogen-bond acceptors (Lipinski definition) is 6. The molecular weight excluding hydrogens is 587 g/mol. The molecule has 222 valence electrons. The lowest BCUT2D eigenvalue weighted by atomic mass is 9.71. The summed E-state index contributed by atoms with van der Waals surface area (Å²) in [5.74, 6) is 0.935. The third kappa shape index (κ3) is 5.33. The van der Waals surface area contributed by atoms with E-state index in [4.69, 9.17) is 27.6 Å². The van der Waals surface area contributed by atoms with E-state index in [1.807, 2.05) is 46.2 Å². The van der Waals surface area contributed by atoms with E-state index in [2.05, 4.69) is 29.1 Å². The van der Waals surface area contributed by atoms with E-state index in [9.17, 15) is 9.59 Å². The fraction of sp³-hybridized carbons (Fsp3) is 0.406. The zero-order valence-corrected chi connectivity index (χ0v) is 25.6. The Labute approximate surface area is 259 Å². The van der Waals surface area contributed by atoms with Crippen LogP contribution in [0.15, 0.2) is 65.3 Å². The molecule has 0 bridgehead atoms. The van der Waals surface area contributed by atoms with Crippen molar-refractivity contribution in [2.24, 2.45) is 16.7 Å². The van der Waals surface area contributed by atoms with Crippen LogP contribution in [-0.2, 0) is 17.8 Å². The van der Waals surface area contributed by atoms with E-state index in [0.717, 1.165) is 17.5 Å². The van der Waals surface area contributed by atoms with Gasteiger partial charge in [-0.2, -0.15) is 5.10 Å².